The van der Waals surface area contributed by atoms with E-state index in [0.717, 1.165) is 36.2 Å². The number of ether oxygens (including phenoxy) is 2. The van der Waals surface area contributed by atoms with Gasteiger partial charge in [0, 0.05) is 36.6 Å². The molecule has 6 rings (SSSR count). The number of nitrogens with one attached hydrogen (secondary N) is 3. The summed E-state index contributed by atoms with van der Waals surface area (Å²) in [5.41, 5.74) is 2.60. The summed E-state index contributed by atoms with van der Waals surface area (Å²) in [6, 6.07) is 21.9. The van der Waals surface area contributed by atoms with Crippen LogP contribution in [-0.2, 0) is 6.54 Å². The zero-order valence-corrected chi connectivity index (χ0v) is 22.9. The maximum absolute atomic E-state index is 12.7. The molecule has 1 fully saturated rings. The number of aromatic nitrogens is 4. The van der Waals surface area contributed by atoms with E-state index in [4.69, 9.17) is 19.8 Å². The van der Waals surface area contributed by atoms with Crippen LogP contribution < -0.4 is 25.4 Å². The first kappa shape index (κ1) is 26.7. The van der Waals surface area contributed by atoms with Crippen molar-refractivity contribution in [2.45, 2.75) is 19.0 Å². The Balaban J connectivity index is 1.26. The lowest BCUT2D eigenvalue weighted by Gasteiger charge is -2.12. The van der Waals surface area contributed by atoms with Gasteiger partial charge in [0.2, 0.25) is 0 Å². The Morgan fingerprint density at radius 2 is 1.86 bits per heavy atom. The highest BCUT2D eigenvalue weighted by Gasteiger charge is 2.22. The Hall–Kier alpha value is -5.47. The average molecular weight is 561 g/mol. The Morgan fingerprint density at radius 1 is 1.07 bits per heavy atom. The first-order chi connectivity index (χ1) is 20.6. The zero-order valence-electron chi connectivity index (χ0n) is 22.9. The highest BCUT2D eigenvalue weighted by Crippen LogP contribution is 2.35. The van der Waals surface area contributed by atoms with Crippen molar-refractivity contribution >= 4 is 28.6 Å². The van der Waals surface area contributed by atoms with Crippen LogP contribution >= 0.6 is 0 Å². The van der Waals surface area contributed by atoms with E-state index in [-0.39, 0.29) is 11.9 Å². The van der Waals surface area contributed by atoms with Crippen molar-refractivity contribution in [2.24, 2.45) is 0 Å². The summed E-state index contributed by atoms with van der Waals surface area (Å²) in [6.45, 7) is 2.32. The third kappa shape index (κ3) is 5.84. The molecule has 1 atom stereocenters. The van der Waals surface area contributed by atoms with Gasteiger partial charge in [-0.1, -0.05) is 12.1 Å². The van der Waals surface area contributed by atoms with Crippen LogP contribution in [0, 0.1) is 11.3 Å². The van der Waals surface area contributed by atoms with Crippen LogP contribution in [0.25, 0.3) is 11.0 Å². The van der Waals surface area contributed by atoms with Gasteiger partial charge in [0.05, 0.1) is 25.3 Å². The van der Waals surface area contributed by atoms with Crippen LogP contribution in [0.4, 0.5) is 11.6 Å². The molecule has 11 heteroatoms. The van der Waals surface area contributed by atoms with E-state index in [2.05, 4.69) is 25.9 Å². The predicted octanol–water partition coefficient (Wildman–Crippen LogP) is 4.57. The predicted molar refractivity (Wildman–Crippen MR) is 158 cm³/mol. The fraction of sp³-hybridized carbons (Fsp3) is 0.194. The summed E-state index contributed by atoms with van der Waals surface area (Å²) in [4.78, 5) is 21.5. The van der Waals surface area contributed by atoms with Crippen LogP contribution in [0.15, 0.2) is 79.1 Å². The molecule has 5 aromatic rings. The molecule has 0 bridgehead atoms. The van der Waals surface area contributed by atoms with Crippen LogP contribution in [0.5, 0.6) is 17.2 Å². The van der Waals surface area contributed by atoms with E-state index in [1.54, 1.807) is 43.6 Å². The van der Waals surface area contributed by atoms with E-state index in [1.165, 1.54) is 12.3 Å². The molecule has 4 heterocycles. The molecule has 1 amide bonds. The van der Waals surface area contributed by atoms with Crippen LogP contribution in [0.2, 0.25) is 0 Å². The minimum absolute atomic E-state index is 0.242. The highest BCUT2D eigenvalue weighted by molar-refractivity contribution is 6.03. The number of anilines is 2. The second-order valence-corrected chi connectivity index (χ2v) is 9.82. The zero-order chi connectivity index (χ0) is 28.9. The third-order valence-corrected chi connectivity index (χ3v) is 6.96. The Kier molecular flexibility index (Phi) is 7.61. The molecule has 3 N–H and O–H groups in total. The number of fused-ring (bicyclic) bond motifs is 1. The van der Waals surface area contributed by atoms with Crippen molar-refractivity contribution < 1.29 is 14.3 Å². The molecule has 3 aromatic heterocycles. The lowest BCUT2D eigenvalue weighted by atomic mass is 10.2. The number of methoxy groups -OCH3 is 1. The number of hydrogen-bond donors (Lipinski definition) is 3. The van der Waals surface area contributed by atoms with E-state index >= 15 is 0 Å². The minimum Gasteiger partial charge on any atom is -0.497 e. The summed E-state index contributed by atoms with van der Waals surface area (Å²) in [5, 5.41) is 24.4. The van der Waals surface area contributed by atoms with Gasteiger partial charge in [-0.2, -0.15) is 10.4 Å². The normalized spacial score (nSPS) is 14.3. The molecule has 2 aromatic carbocycles. The highest BCUT2D eigenvalue weighted by atomic mass is 16.5. The van der Waals surface area contributed by atoms with Crippen LogP contribution in [0.3, 0.4) is 0 Å². The minimum atomic E-state index is -0.341. The van der Waals surface area contributed by atoms with E-state index in [9.17, 15) is 4.79 Å². The molecule has 1 aliphatic rings. The molecular weight excluding hydrogens is 532 g/mol. The molecule has 0 spiro atoms. The van der Waals surface area contributed by atoms with Gasteiger partial charge in [0.1, 0.15) is 28.5 Å². The smallest absolute Gasteiger partial charge is 0.256 e. The summed E-state index contributed by atoms with van der Waals surface area (Å²) in [6.07, 6.45) is 4.17. The fourth-order valence-corrected chi connectivity index (χ4v) is 4.80. The van der Waals surface area contributed by atoms with Crippen molar-refractivity contribution in [1.82, 2.24) is 25.1 Å². The monoisotopic (exact) mass is 560 g/mol. The maximum atomic E-state index is 12.7. The number of nitrogens with zero attached hydrogens (tertiary/aromatic N) is 5. The molecule has 0 saturated carbocycles. The number of carbonyl (C=O) groups excluding carboxylic acids is 1. The molecule has 210 valence electrons. The van der Waals surface area contributed by atoms with Crippen LogP contribution in [-0.4, -0.2) is 51.9 Å². The van der Waals surface area contributed by atoms with Gasteiger partial charge in [-0.25, -0.2) is 14.6 Å². The van der Waals surface area contributed by atoms with Gasteiger partial charge in [-0.05, 0) is 67.1 Å². The first-order valence-corrected chi connectivity index (χ1v) is 13.5. The second kappa shape index (κ2) is 12.0. The van der Waals surface area contributed by atoms with Gasteiger partial charge in [0.25, 0.3) is 5.91 Å². The number of rotatable bonds is 9. The van der Waals surface area contributed by atoms with Gasteiger partial charge in [-0.15, -0.1) is 0 Å². The van der Waals surface area contributed by atoms with Gasteiger partial charge >= 0.3 is 0 Å². The van der Waals surface area contributed by atoms with Crippen molar-refractivity contribution in [3.8, 4) is 23.3 Å². The number of carbonyl (C=O) groups is 1. The molecule has 0 radical (unpaired) electrons. The first-order valence-electron chi connectivity index (χ1n) is 13.5. The second-order valence-electron chi connectivity index (χ2n) is 9.82. The molecule has 11 nitrogen and oxygen atoms in total. The molecule has 0 unspecified atom stereocenters. The number of amides is 1. The Morgan fingerprint density at radius 3 is 2.60 bits per heavy atom. The topological polar surface area (TPSA) is 139 Å². The van der Waals surface area contributed by atoms with Gasteiger partial charge in [-0.3, -0.25) is 4.79 Å². The average Bonchev–Trinajstić information content (AvgIpc) is 3.66. The standard InChI is InChI=1S/C31H28N8O3/c1-41-24-6-2-20(3-7-24)19-39-30-28(29(38-39)36-23-11-13-33-18-23)26(12-15-35-30)42-25-8-4-22(5-9-25)31(40)37-27-16-21(17-32)10-14-34-27/h2-10,12,14-16,23,33H,11,13,18-19H2,1H3,(H,36,38)(H,34,37,40)/t23-/m1/s1. The van der Waals surface area contributed by atoms with E-state index < -0.39 is 0 Å². The Labute approximate surface area is 242 Å². The fourth-order valence-electron chi connectivity index (χ4n) is 4.80. The summed E-state index contributed by atoms with van der Waals surface area (Å²) in [7, 11) is 1.65. The molecule has 0 aliphatic carbocycles. The van der Waals surface area contributed by atoms with Crippen molar-refractivity contribution in [3.05, 3.63) is 95.8 Å². The molecule has 1 aliphatic heterocycles. The quantitative estimate of drug-likeness (QED) is 0.236. The largest absolute Gasteiger partial charge is 0.497 e. The van der Waals surface area contributed by atoms with E-state index in [0.29, 0.717) is 46.5 Å². The number of nitriles is 1. The van der Waals surface area contributed by atoms with E-state index in [1.807, 2.05) is 41.1 Å². The van der Waals surface area contributed by atoms with Crippen molar-refractivity contribution in [2.75, 3.05) is 30.8 Å². The molecular formula is C31H28N8O3. The van der Waals surface area contributed by atoms with Crippen molar-refractivity contribution in [1.29, 1.82) is 5.26 Å². The van der Waals surface area contributed by atoms with Gasteiger partial charge < -0.3 is 25.4 Å². The number of hydrogen-bond acceptors (Lipinski definition) is 9. The van der Waals surface area contributed by atoms with Crippen molar-refractivity contribution in [3.63, 3.8) is 0 Å². The Bertz CT molecular complexity index is 1750. The van der Waals surface area contributed by atoms with Crippen LogP contribution in [0.1, 0.15) is 27.9 Å². The number of pyridine rings is 2. The lowest BCUT2D eigenvalue weighted by molar-refractivity contribution is 0.102. The summed E-state index contributed by atoms with van der Waals surface area (Å²) in [5.74, 6) is 2.62. The van der Waals surface area contributed by atoms with Gasteiger partial charge in [0.15, 0.2) is 11.5 Å². The third-order valence-electron chi connectivity index (χ3n) is 6.96. The molecule has 42 heavy (non-hydrogen) atoms. The summed E-state index contributed by atoms with van der Waals surface area (Å²) < 4.78 is 13.5. The lowest BCUT2D eigenvalue weighted by Crippen LogP contribution is -2.22. The number of benzene rings is 2. The SMILES string of the molecule is COc1ccc(Cn2nc(N[C@@H]3CCNC3)c3c(Oc4ccc(C(=O)Nc5cc(C#N)ccn5)cc4)ccnc32)cc1. The summed E-state index contributed by atoms with van der Waals surface area (Å²) >= 11 is 0. The maximum Gasteiger partial charge on any atom is 0.256 e. The molecule has 1 saturated heterocycles.